The zero-order chi connectivity index (χ0) is 15.2. The zero-order valence-corrected chi connectivity index (χ0v) is 12.2. The molecule has 1 unspecified atom stereocenters. The molecular formula is C16H19FN2O2. The van der Waals surface area contributed by atoms with Crippen molar-refractivity contribution in [3.63, 3.8) is 0 Å². The second kappa shape index (κ2) is 7.04. The lowest BCUT2D eigenvalue weighted by molar-refractivity contribution is 0.294. The predicted octanol–water partition coefficient (Wildman–Crippen LogP) is 2.35. The highest BCUT2D eigenvalue weighted by molar-refractivity contribution is 5.30. The topological polar surface area (TPSA) is 43.3 Å². The number of halogens is 1. The van der Waals surface area contributed by atoms with Crippen LogP contribution in [0.15, 0.2) is 47.4 Å². The molecule has 1 atom stereocenters. The Morgan fingerprint density at radius 3 is 2.81 bits per heavy atom. The molecule has 0 saturated carbocycles. The molecule has 21 heavy (non-hydrogen) atoms. The zero-order valence-electron chi connectivity index (χ0n) is 12.2. The number of hydrogen-bond donors (Lipinski definition) is 1. The summed E-state index contributed by atoms with van der Waals surface area (Å²) >= 11 is 0. The molecule has 1 N–H and O–H groups in total. The van der Waals surface area contributed by atoms with Crippen molar-refractivity contribution >= 4 is 0 Å². The van der Waals surface area contributed by atoms with E-state index in [4.69, 9.17) is 4.74 Å². The van der Waals surface area contributed by atoms with Crippen molar-refractivity contribution < 1.29 is 9.13 Å². The van der Waals surface area contributed by atoms with Gasteiger partial charge in [-0.15, -0.1) is 0 Å². The lowest BCUT2D eigenvalue weighted by atomic mass is 10.1. The van der Waals surface area contributed by atoms with Crippen molar-refractivity contribution in [3.05, 3.63) is 64.3 Å². The molecule has 0 aliphatic heterocycles. The maximum absolute atomic E-state index is 13.9. The van der Waals surface area contributed by atoms with Crippen LogP contribution in [0.4, 0.5) is 4.39 Å². The van der Waals surface area contributed by atoms with E-state index in [0.29, 0.717) is 24.5 Å². The van der Waals surface area contributed by atoms with E-state index in [-0.39, 0.29) is 17.4 Å². The summed E-state index contributed by atoms with van der Waals surface area (Å²) in [5.41, 5.74) is 0.523. The lowest BCUT2D eigenvalue weighted by Crippen LogP contribution is -2.21. The Hall–Kier alpha value is -2.14. The van der Waals surface area contributed by atoms with Crippen LogP contribution in [0.3, 0.4) is 0 Å². The lowest BCUT2D eigenvalue weighted by Gasteiger charge is -2.13. The monoisotopic (exact) mass is 290 g/mol. The molecular weight excluding hydrogens is 271 g/mol. The third-order valence-electron chi connectivity index (χ3n) is 3.37. The van der Waals surface area contributed by atoms with Crippen molar-refractivity contribution in [1.82, 2.24) is 9.88 Å². The van der Waals surface area contributed by atoms with Crippen LogP contribution in [0.2, 0.25) is 0 Å². The first kappa shape index (κ1) is 15.3. The Morgan fingerprint density at radius 1 is 1.33 bits per heavy atom. The highest BCUT2D eigenvalue weighted by Crippen LogP contribution is 2.21. The standard InChI is InChI=1S/C16H19FN2O2/c1-12(18-2)14-7-6-13(11-15(14)17)21-10-9-19-8-4-3-5-16(19)20/h3-8,11-12,18H,9-10H2,1-2H3. The second-order valence-electron chi connectivity index (χ2n) is 4.77. The van der Waals surface area contributed by atoms with Crippen LogP contribution in [0.1, 0.15) is 18.5 Å². The summed E-state index contributed by atoms with van der Waals surface area (Å²) in [6, 6.07) is 9.73. The second-order valence-corrected chi connectivity index (χ2v) is 4.77. The molecule has 0 saturated heterocycles. The van der Waals surface area contributed by atoms with Crippen molar-refractivity contribution in [2.24, 2.45) is 0 Å². The summed E-state index contributed by atoms with van der Waals surface area (Å²) < 4.78 is 21.0. The molecule has 0 amide bonds. The van der Waals surface area contributed by atoms with Crippen molar-refractivity contribution in [1.29, 1.82) is 0 Å². The van der Waals surface area contributed by atoms with Crippen LogP contribution in [-0.4, -0.2) is 18.2 Å². The molecule has 1 aromatic heterocycles. The Kier molecular flexibility index (Phi) is 5.11. The number of hydrogen-bond acceptors (Lipinski definition) is 3. The van der Waals surface area contributed by atoms with Gasteiger partial charge in [0.1, 0.15) is 18.2 Å². The number of ether oxygens (including phenoxy) is 1. The van der Waals surface area contributed by atoms with Gasteiger partial charge in [-0.1, -0.05) is 12.1 Å². The summed E-state index contributed by atoms with van der Waals surface area (Å²) in [6.07, 6.45) is 1.70. The maximum Gasteiger partial charge on any atom is 0.250 e. The average molecular weight is 290 g/mol. The molecule has 0 bridgehead atoms. The first-order valence-electron chi connectivity index (χ1n) is 6.87. The number of nitrogens with zero attached hydrogens (tertiary/aromatic N) is 1. The van der Waals surface area contributed by atoms with E-state index in [2.05, 4.69) is 5.32 Å². The van der Waals surface area contributed by atoms with Gasteiger partial charge in [-0.2, -0.15) is 0 Å². The number of benzene rings is 1. The van der Waals surface area contributed by atoms with Gasteiger partial charge in [0.05, 0.1) is 6.54 Å². The third kappa shape index (κ3) is 3.92. The predicted molar refractivity (Wildman–Crippen MR) is 80.1 cm³/mol. The van der Waals surface area contributed by atoms with Crippen LogP contribution in [-0.2, 0) is 6.54 Å². The van der Waals surface area contributed by atoms with E-state index < -0.39 is 0 Å². The number of aromatic nitrogens is 1. The van der Waals surface area contributed by atoms with Crippen molar-refractivity contribution in [2.45, 2.75) is 19.5 Å². The minimum atomic E-state index is -0.300. The summed E-state index contributed by atoms with van der Waals surface area (Å²) in [4.78, 5) is 11.5. The van der Waals surface area contributed by atoms with E-state index in [9.17, 15) is 9.18 Å². The normalized spacial score (nSPS) is 12.1. The summed E-state index contributed by atoms with van der Waals surface area (Å²) in [5.74, 6) is 0.162. The van der Waals surface area contributed by atoms with Crippen molar-refractivity contribution in [3.8, 4) is 5.75 Å². The molecule has 4 nitrogen and oxygen atoms in total. The third-order valence-corrected chi connectivity index (χ3v) is 3.37. The molecule has 0 fully saturated rings. The number of pyridine rings is 1. The quantitative estimate of drug-likeness (QED) is 0.888. The molecule has 112 valence electrons. The molecule has 2 rings (SSSR count). The van der Waals surface area contributed by atoms with E-state index in [1.165, 1.54) is 12.1 Å². The van der Waals surface area contributed by atoms with Gasteiger partial charge in [0, 0.05) is 29.9 Å². The van der Waals surface area contributed by atoms with Crippen LogP contribution in [0, 0.1) is 5.82 Å². The van der Waals surface area contributed by atoms with E-state index in [1.54, 1.807) is 42.1 Å². The summed E-state index contributed by atoms with van der Waals surface area (Å²) in [5, 5.41) is 2.99. The smallest absolute Gasteiger partial charge is 0.250 e. The molecule has 0 aliphatic carbocycles. The fourth-order valence-corrected chi connectivity index (χ4v) is 2.01. The van der Waals surface area contributed by atoms with Gasteiger partial charge < -0.3 is 14.6 Å². The Labute approximate surface area is 123 Å². The molecule has 1 aromatic carbocycles. The van der Waals surface area contributed by atoms with Gasteiger partial charge in [0.25, 0.3) is 5.56 Å². The van der Waals surface area contributed by atoms with Crippen LogP contribution in [0.5, 0.6) is 5.75 Å². The molecule has 2 aromatic rings. The Balaban J connectivity index is 1.97. The van der Waals surface area contributed by atoms with Gasteiger partial charge in [-0.3, -0.25) is 4.79 Å². The largest absolute Gasteiger partial charge is 0.492 e. The maximum atomic E-state index is 13.9. The fourth-order valence-electron chi connectivity index (χ4n) is 2.01. The number of rotatable bonds is 6. The summed E-state index contributed by atoms with van der Waals surface area (Å²) in [7, 11) is 1.78. The highest BCUT2D eigenvalue weighted by Gasteiger charge is 2.09. The minimum absolute atomic E-state index is 0.0538. The van der Waals surface area contributed by atoms with Crippen LogP contribution < -0.4 is 15.6 Å². The summed E-state index contributed by atoms with van der Waals surface area (Å²) in [6.45, 7) is 2.63. The Morgan fingerprint density at radius 2 is 2.14 bits per heavy atom. The fraction of sp³-hybridized carbons (Fsp3) is 0.312. The molecule has 0 aliphatic rings. The van der Waals surface area contributed by atoms with Gasteiger partial charge in [0.15, 0.2) is 0 Å². The molecule has 0 spiro atoms. The molecule has 5 heteroatoms. The van der Waals surface area contributed by atoms with E-state index in [1.807, 2.05) is 6.92 Å². The highest BCUT2D eigenvalue weighted by atomic mass is 19.1. The average Bonchev–Trinajstić information content (AvgIpc) is 2.48. The van der Waals surface area contributed by atoms with Crippen molar-refractivity contribution in [2.75, 3.05) is 13.7 Å². The van der Waals surface area contributed by atoms with Gasteiger partial charge >= 0.3 is 0 Å². The first-order chi connectivity index (χ1) is 10.1. The SMILES string of the molecule is CNC(C)c1ccc(OCCn2ccccc2=O)cc1F. The number of nitrogens with one attached hydrogen (secondary N) is 1. The van der Waals surface area contributed by atoms with Gasteiger partial charge in [0.2, 0.25) is 0 Å². The van der Waals surface area contributed by atoms with E-state index >= 15 is 0 Å². The van der Waals surface area contributed by atoms with E-state index in [0.717, 1.165) is 0 Å². The molecule has 1 heterocycles. The Bertz CT molecular complexity index is 655. The van der Waals surface area contributed by atoms with Crippen LogP contribution in [0.25, 0.3) is 0 Å². The molecule has 0 radical (unpaired) electrons. The van der Waals surface area contributed by atoms with Crippen LogP contribution >= 0.6 is 0 Å². The first-order valence-corrected chi connectivity index (χ1v) is 6.87. The van der Waals surface area contributed by atoms with Gasteiger partial charge in [-0.05, 0) is 26.1 Å². The van der Waals surface area contributed by atoms with Gasteiger partial charge in [-0.25, -0.2) is 4.39 Å². The minimum Gasteiger partial charge on any atom is -0.492 e.